The van der Waals surface area contributed by atoms with E-state index < -0.39 is 0 Å². The smallest absolute Gasteiger partial charge is 0.275 e. The quantitative estimate of drug-likeness (QED) is 0.578. The van der Waals surface area contributed by atoms with Crippen LogP contribution in [0.5, 0.6) is 0 Å². The van der Waals surface area contributed by atoms with Crippen LogP contribution < -0.4 is 10.9 Å². The van der Waals surface area contributed by atoms with Gasteiger partial charge < -0.3 is 5.32 Å². The first-order valence-corrected chi connectivity index (χ1v) is 9.28. The second-order valence-corrected chi connectivity index (χ2v) is 6.92. The number of amides is 1. The Labute approximate surface area is 164 Å². The average Bonchev–Trinajstić information content (AvgIpc) is 3.12. The van der Waals surface area contributed by atoms with Gasteiger partial charge in [0.05, 0.1) is 11.4 Å². The Balaban J connectivity index is 1.74. The van der Waals surface area contributed by atoms with Gasteiger partial charge in [-0.05, 0) is 29.8 Å². The number of fused-ring (bicyclic) bond motifs is 1. The summed E-state index contributed by atoms with van der Waals surface area (Å²) in [5.41, 5.74) is 2.56. The first-order chi connectivity index (χ1) is 13.6. The number of pyridine rings is 1. The van der Waals surface area contributed by atoms with Crippen LogP contribution in [0.1, 0.15) is 18.2 Å². The molecular weight excluding hydrogens is 374 g/mol. The minimum atomic E-state index is -0.268. The van der Waals surface area contributed by atoms with E-state index in [9.17, 15) is 9.59 Å². The third-order valence-electron chi connectivity index (χ3n) is 3.86. The Morgan fingerprint density at radius 3 is 2.82 bits per heavy atom. The second-order valence-electron chi connectivity index (χ2n) is 5.97. The summed E-state index contributed by atoms with van der Waals surface area (Å²) in [6.45, 7) is 1.45. The predicted molar refractivity (Wildman–Crippen MR) is 110 cm³/mol. The number of nitrogens with one attached hydrogen (secondary N) is 1. The molecule has 3 heterocycles. The van der Waals surface area contributed by atoms with Crippen molar-refractivity contribution in [2.24, 2.45) is 0 Å². The topological polar surface area (TPSA) is 89.3 Å². The number of hydrogen-bond acceptors (Lipinski definition) is 6. The van der Waals surface area contributed by atoms with Gasteiger partial charge in [0.15, 0.2) is 0 Å². The molecule has 0 bridgehead atoms. The number of carbonyl (C=O) groups is 1. The summed E-state index contributed by atoms with van der Waals surface area (Å²) in [6, 6.07) is 12.5. The molecule has 0 saturated heterocycles. The van der Waals surface area contributed by atoms with Crippen LogP contribution in [0.25, 0.3) is 27.7 Å². The van der Waals surface area contributed by atoms with E-state index in [-0.39, 0.29) is 11.5 Å². The number of benzene rings is 1. The fraction of sp³-hybridized carbons (Fsp3) is 0.0500. The van der Waals surface area contributed by atoms with E-state index in [0.717, 1.165) is 11.1 Å². The zero-order chi connectivity index (χ0) is 19.5. The number of nitrogens with zero attached hydrogens (tertiary/aromatic N) is 4. The van der Waals surface area contributed by atoms with E-state index in [1.807, 2.05) is 36.4 Å². The molecule has 138 valence electrons. The molecule has 7 nitrogen and oxygen atoms in total. The lowest BCUT2D eigenvalue weighted by Gasteiger charge is -2.06. The van der Waals surface area contributed by atoms with Crippen molar-refractivity contribution in [1.82, 2.24) is 19.6 Å². The van der Waals surface area contributed by atoms with E-state index in [2.05, 4.69) is 20.4 Å². The lowest BCUT2D eigenvalue weighted by Crippen LogP contribution is -2.14. The summed E-state index contributed by atoms with van der Waals surface area (Å²) in [5, 5.41) is 7.77. The summed E-state index contributed by atoms with van der Waals surface area (Å²) in [6.07, 6.45) is 7.04. The Morgan fingerprint density at radius 2 is 2.04 bits per heavy atom. The van der Waals surface area contributed by atoms with E-state index in [1.165, 1.54) is 28.8 Å². The molecule has 1 aromatic carbocycles. The maximum absolute atomic E-state index is 12.5. The van der Waals surface area contributed by atoms with Gasteiger partial charge in [-0.25, -0.2) is 4.98 Å². The van der Waals surface area contributed by atoms with Crippen molar-refractivity contribution in [3.63, 3.8) is 0 Å². The van der Waals surface area contributed by atoms with Crippen LogP contribution in [-0.2, 0) is 4.79 Å². The van der Waals surface area contributed by atoms with Crippen molar-refractivity contribution in [2.75, 3.05) is 5.32 Å². The monoisotopic (exact) mass is 389 g/mol. The van der Waals surface area contributed by atoms with Gasteiger partial charge >= 0.3 is 0 Å². The molecule has 0 aliphatic heterocycles. The summed E-state index contributed by atoms with van der Waals surface area (Å²) in [4.78, 5) is 33.0. The summed E-state index contributed by atoms with van der Waals surface area (Å²) in [7, 11) is 0. The van der Waals surface area contributed by atoms with Crippen molar-refractivity contribution in [3.8, 4) is 10.6 Å². The fourth-order valence-electron chi connectivity index (χ4n) is 2.65. The van der Waals surface area contributed by atoms with Gasteiger partial charge in [-0.1, -0.05) is 35.6 Å². The van der Waals surface area contributed by atoms with Gasteiger partial charge in [0.2, 0.25) is 10.9 Å². The zero-order valence-corrected chi connectivity index (χ0v) is 15.7. The normalized spacial score (nSPS) is 11.2. The van der Waals surface area contributed by atoms with Gasteiger partial charge in [0.25, 0.3) is 5.56 Å². The summed E-state index contributed by atoms with van der Waals surface area (Å²) >= 11 is 1.28. The van der Waals surface area contributed by atoms with E-state index in [4.69, 9.17) is 0 Å². The highest BCUT2D eigenvalue weighted by Crippen LogP contribution is 2.30. The molecule has 0 aliphatic rings. The van der Waals surface area contributed by atoms with Gasteiger partial charge in [-0.3, -0.25) is 14.6 Å². The maximum Gasteiger partial charge on any atom is 0.275 e. The van der Waals surface area contributed by atoms with E-state index in [1.54, 1.807) is 24.5 Å². The standard InChI is InChI=1S/C20H15N5O2S/c1-13(26)22-17-7-3-2-6-16(17)19-24-25-18(27)11-15(23-20(25)28-19)9-8-14-5-4-10-21-12-14/h2-12H,1H3,(H,22,26). The second kappa shape index (κ2) is 7.53. The number of rotatable bonds is 4. The molecule has 1 N–H and O–H groups in total. The molecular formula is C20H15N5O2S. The molecule has 0 spiro atoms. The predicted octanol–water partition coefficient (Wildman–Crippen LogP) is 3.34. The zero-order valence-electron chi connectivity index (χ0n) is 14.9. The van der Waals surface area contributed by atoms with Crippen molar-refractivity contribution < 1.29 is 4.79 Å². The average molecular weight is 389 g/mol. The number of para-hydroxylation sites is 1. The molecule has 8 heteroatoms. The lowest BCUT2D eigenvalue weighted by atomic mass is 10.2. The first kappa shape index (κ1) is 17.7. The summed E-state index contributed by atoms with van der Waals surface area (Å²) in [5.74, 6) is -0.174. The highest BCUT2D eigenvalue weighted by Gasteiger charge is 2.13. The lowest BCUT2D eigenvalue weighted by molar-refractivity contribution is -0.114. The van der Waals surface area contributed by atoms with Crippen LogP contribution in [0, 0.1) is 0 Å². The fourth-order valence-corrected chi connectivity index (χ4v) is 3.60. The Kier molecular flexibility index (Phi) is 4.77. The van der Waals surface area contributed by atoms with E-state index in [0.29, 0.717) is 21.3 Å². The van der Waals surface area contributed by atoms with Gasteiger partial charge in [0, 0.05) is 30.9 Å². The van der Waals surface area contributed by atoms with Crippen LogP contribution in [0.4, 0.5) is 5.69 Å². The molecule has 0 fully saturated rings. The molecule has 4 aromatic rings. The molecule has 0 radical (unpaired) electrons. The third kappa shape index (κ3) is 3.72. The minimum Gasteiger partial charge on any atom is -0.326 e. The number of hydrogen-bond donors (Lipinski definition) is 1. The van der Waals surface area contributed by atoms with Gasteiger partial charge in [0.1, 0.15) is 5.01 Å². The number of anilines is 1. The minimum absolute atomic E-state index is 0.174. The maximum atomic E-state index is 12.5. The van der Waals surface area contributed by atoms with Crippen LogP contribution in [0.15, 0.2) is 59.7 Å². The van der Waals surface area contributed by atoms with Crippen LogP contribution in [-0.4, -0.2) is 25.5 Å². The highest BCUT2D eigenvalue weighted by atomic mass is 32.1. The Hall–Kier alpha value is -3.65. The molecule has 0 aliphatic carbocycles. The Morgan fingerprint density at radius 1 is 1.18 bits per heavy atom. The SMILES string of the molecule is CC(=O)Nc1ccccc1-c1nn2c(=O)cc(C=Cc3cccnc3)nc2s1. The molecule has 0 saturated carbocycles. The van der Waals surface area contributed by atoms with E-state index >= 15 is 0 Å². The van der Waals surface area contributed by atoms with Crippen LogP contribution in [0.3, 0.4) is 0 Å². The highest BCUT2D eigenvalue weighted by molar-refractivity contribution is 7.19. The van der Waals surface area contributed by atoms with Crippen molar-refractivity contribution >= 4 is 40.0 Å². The summed E-state index contributed by atoms with van der Waals surface area (Å²) < 4.78 is 1.27. The van der Waals surface area contributed by atoms with Crippen LogP contribution in [0.2, 0.25) is 0 Å². The molecule has 1 amide bonds. The molecule has 0 atom stereocenters. The number of carbonyl (C=O) groups excluding carboxylic acids is 1. The van der Waals surface area contributed by atoms with Gasteiger partial charge in [-0.2, -0.15) is 9.61 Å². The molecule has 3 aromatic heterocycles. The first-order valence-electron chi connectivity index (χ1n) is 8.46. The third-order valence-corrected chi connectivity index (χ3v) is 4.81. The van der Waals surface area contributed by atoms with Crippen molar-refractivity contribution in [1.29, 1.82) is 0 Å². The van der Waals surface area contributed by atoms with Crippen molar-refractivity contribution in [2.45, 2.75) is 6.92 Å². The number of aromatic nitrogens is 4. The molecule has 28 heavy (non-hydrogen) atoms. The van der Waals surface area contributed by atoms with Crippen LogP contribution >= 0.6 is 11.3 Å². The van der Waals surface area contributed by atoms with Crippen molar-refractivity contribution in [3.05, 3.63) is 76.5 Å². The molecule has 4 rings (SSSR count). The largest absolute Gasteiger partial charge is 0.326 e. The van der Waals surface area contributed by atoms with Gasteiger partial charge in [-0.15, -0.1) is 0 Å². The molecule has 0 unspecified atom stereocenters. The Bertz CT molecular complexity index is 1240.